The smallest absolute Gasteiger partial charge is 0.272 e. The number of anilines is 1. The van der Waals surface area contributed by atoms with Crippen LogP contribution in [0.3, 0.4) is 0 Å². The summed E-state index contributed by atoms with van der Waals surface area (Å²) in [7, 11) is 0. The van der Waals surface area contributed by atoms with Crippen molar-refractivity contribution in [3.63, 3.8) is 0 Å². The molecule has 4 heteroatoms. The van der Waals surface area contributed by atoms with E-state index in [9.17, 15) is 4.79 Å². The molecule has 0 aliphatic rings. The van der Waals surface area contributed by atoms with Gasteiger partial charge in [-0.25, -0.2) is 0 Å². The van der Waals surface area contributed by atoms with E-state index in [1.165, 1.54) is 0 Å². The Kier molecular flexibility index (Phi) is 3.83. The van der Waals surface area contributed by atoms with Crippen LogP contribution in [-0.2, 0) is 6.54 Å². The molecule has 3 nitrogen and oxygen atoms in total. The maximum atomic E-state index is 12.0. The molecule has 1 heterocycles. The minimum atomic E-state index is -0.0712. The molecule has 2 rings (SSSR count). The van der Waals surface area contributed by atoms with Gasteiger partial charge in [-0.2, -0.15) is 0 Å². The van der Waals surface area contributed by atoms with Gasteiger partial charge >= 0.3 is 0 Å². The number of rotatable bonds is 3. The number of halogens is 1. The number of amides is 1. The maximum Gasteiger partial charge on any atom is 0.272 e. The van der Waals surface area contributed by atoms with E-state index < -0.39 is 0 Å². The molecule has 1 aromatic carbocycles. The zero-order valence-electron chi connectivity index (χ0n) is 9.48. The standard InChI is InChI=1S/C13H13IN2O/c1-2-16-9-3-4-12(16)13(17)15-11-7-5-10(14)6-8-11/h3-9H,2H2,1H3,(H,15,17). The van der Waals surface area contributed by atoms with Gasteiger partial charge in [-0.1, -0.05) is 0 Å². The molecule has 0 saturated carbocycles. The van der Waals surface area contributed by atoms with E-state index in [0.29, 0.717) is 5.69 Å². The first-order chi connectivity index (χ1) is 8.20. The summed E-state index contributed by atoms with van der Waals surface area (Å²) in [6.07, 6.45) is 1.91. The van der Waals surface area contributed by atoms with Gasteiger partial charge in [0.05, 0.1) is 0 Å². The van der Waals surface area contributed by atoms with Gasteiger partial charge in [0, 0.05) is 22.0 Å². The van der Waals surface area contributed by atoms with Gasteiger partial charge in [0.25, 0.3) is 5.91 Å². The molecular weight excluding hydrogens is 327 g/mol. The number of nitrogens with zero attached hydrogens (tertiary/aromatic N) is 1. The molecule has 0 spiro atoms. The van der Waals surface area contributed by atoms with Crippen LogP contribution in [0.25, 0.3) is 0 Å². The van der Waals surface area contributed by atoms with Crippen molar-refractivity contribution in [2.24, 2.45) is 0 Å². The molecule has 0 atom stereocenters. The van der Waals surface area contributed by atoms with Crippen molar-refractivity contribution < 1.29 is 4.79 Å². The van der Waals surface area contributed by atoms with Gasteiger partial charge < -0.3 is 9.88 Å². The second kappa shape index (κ2) is 5.35. The van der Waals surface area contributed by atoms with Gasteiger partial charge in [-0.3, -0.25) is 4.79 Å². The molecule has 1 aromatic heterocycles. The fourth-order valence-electron chi connectivity index (χ4n) is 1.62. The first-order valence-electron chi connectivity index (χ1n) is 5.42. The van der Waals surface area contributed by atoms with Gasteiger partial charge in [-0.05, 0) is 65.9 Å². The minimum Gasteiger partial charge on any atom is -0.344 e. The van der Waals surface area contributed by atoms with Crippen molar-refractivity contribution in [2.75, 3.05) is 5.32 Å². The normalized spacial score (nSPS) is 10.2. The fourth-order valence-corrected chi connectivity index (χ4v) is 1.98. The number of benzene rings is 1. The van der Waals surface area contributed by atoms with Gasteiger partial charge in [-0.15, -0.1) is 0 Å². The largest absolute Gasteiger partial charge is 0.344 e. The Morgan fingerprint density at radius 1 is 1.29 bits per heavy atom. The quantitative estimate of drug-likeness (QED) is 0.855. The molecule has 0 aliphatic carbocycles. The molecule has 88 valence electrons. The van der Waals surface area contributed by atoms with Crippen LogP contribution in [0.15, 0.2) is 42.6 Å². The molecule has 1 amide bonds. The average molecular weight is 340 g/mol. The summed E-state index contributed by atoms with van der Waals surface area (Å²) >= 11 is 2.24. The van der Waals surface area contributed by atoms with Crippen molar-refractivity contribution in [3.8, 4) is 0 Å². The number of hydrogen-bond acceptors (Lipinski definition) is 1. The first kappa shape index (κ1) is 12.2. The van der Waals surface area contributed by atoms with Crippen molar-refractivity contribution in [1.82, 2.24) is 4.57 Å². The summed E-state index contributed by atoms with van der Waals surface area (Å²) in [5.41, 5.74) is 1.50. The molecule has 0 fully saturated rings. The second-order valence-electron chi connectivity index (χ2n) is 3.64. The summed E-state index contributed by atoms with van der Waals surface area (Å²) in [4.78, 5) is 12.0. The van der Waals surface area contributed by atoms with Crippen molar-refractivity contribution in [2.45, 2.75) is 13.5 Å². The number of aromatic nitrogens is 1. The van der Waals surface area contributed by atoms with Gasteiger partial charge in [0.2, 0.25) is 0 Å². The Bertz CT molecular complexity index is 516. The van der Waals surface area contributed by atoms with E-state index in [4.69, 9.17) is 0 Å². The molecule has 17 heavy (non-hydrogen) atoms. The Labute approximate surface area is 114 Å². The number of aryl methyl sites for hydroxylation is 1. The van der Waals surface area contributed by atoms with Crippen LogP contribution in [-0.4, -0.2) is 10.5 Å². The Balaban J connectivity index is 2.14. The van der Waals surface area contributed by atoms with E-state index in [1.54, 1.807) is 0 Å². The third-order valence-corrected chi connectivity index (χ3v) is 3.22. The first-order valence-corrected chi connectivity index (χ1v) is 6.50. The summed E-state index contributed by atoms with van der Waals surface area (Å²) in [5, 5.41) is 2.88. The molecule has 0 saturated heterocycles. The Morgan fingerprint density at radius 3 is 2.65 bits per heavy atom. The summed E-state index contributed by atoms with van der Waals surface area (Å²) < 4.78 is 3.07. The van der Waals surface area contributed by atoms with Crippen molar-refractivity contribution in [3.05, 3.63) is 51.9 Å². The number of nitrogens with one attached hydrogen (secondary N) is 1. The van der Waals surface area contributed by atoms with Crippen LogP contribution in [0, 0.1) is 3.57 Å². The third kappa shape index (κ3) is 2.88. The molecule has 2 aromatic rings. The van der Waals surface area contributed by atoms with Crippen molar-refractivity contribution in [1.29, 1.82) is 0 Å². The van der Waals surface area contributed by atoms with Crippen LogP contribution in [0.5, 0.6) is 0 Å². The topological polar surface area (TPSA) is 34.0 Å². The molecule has 0 unspecified atom stereocenters. The van der Waals surface area contributed by atoms with Crippen LogP contribution >= 0.6 is 22.6 Å². The molecule has 0 aliphatic heterocycles. The zero-order chi connectivity index (χ0) is 12.3. The summed E-state index contributed by atoms with van der Waals surface area (Å²) in [6.45, 7) is 2.81. The van der Waals surface area contributed by atoms with E-state index in [1.807, 2.05) is 54.1 Å². The van der Waals surface area contributed by atoms with E-state index >= 15 is 0 Å². The fraction of sp³-hybridized carbons (Fsp3) is 0.154. The highest BCUT2D eigenvalue weighted by atomic mass is 127. The Hall–Kier alpha value is -1.30. The molecular formula is C13H13IN2O. The highest BCUT2D eigenvalue weighted by Crippen LogP contribution is 2.13. The summed E-state index contributed by atoms with van der Waals surface area (Å²) in [5.74, 6) is -0.0712. The van der Waals surface area contributed by atoms with Crippen LogP contribution in [0.2, 0.25) is 0 Å². The number of carbonyl (C=O) groups excluding carboxylic acids is 1. The van der Waals surface area contributed by atoms with Crippen molar-refractivity contribution >= 4 is 34.2 Å². The Morgan fingerprint density at radius 2 is 2.00 bits per heavy atom. The van der Waals surface area contributed by atoms with Crippen LogP contribution in [0.1, 0.15) is 17.4 Å². The predicted octanol–water partition coefficient (Wildman–Crippen LogP) is 3.36. The predicted molar refractivity (Wildman–Crippen MR) is 77.2 cm³/mol. The highest BCUT2D eigenvalue weighted by molar-refractivity contribution is 14.1. The summed E-state index contributed by atoms with van der Waals surface area (Å²) in [6, 6.07) is 11.4. The average Bonchev–Trinajstić information content (AvgIpc) is 2.80. The lowest BCUT2D eigenvalue weighted by Gasteiger charge is -2.07. The van der Waals surface area contributed by atoms with Gasteiger partial charge in [0.15, 0.2) is 0 Å². The molecule has 1 N–H and O–H groups in total. The lowest BCUT2D eigenvalue weighted by atomic mass is 10.3. The molecule has 0 bridgehead atoms. The monoisotopic (exact) mass is 340 g/mol. The van der Waals surface area contributed by atoms with Crippen LogP contribution < -0.4 is 5.32 Å². The van der Waals surface area contributed by atoms with Gasteiger partial charge in [0.1, 0.15) is 5.69 Å². The lowest BCUT2D eigenvalue weighted by Crippen LogP contribution is -2.16. The number of hydrogen-bond donors (Lipinski definition) is 1. The minimum absolute atomic E-state index is 0.0712. The highest BCUT2D eigenvalue weighted by Gasteiger charge is 2.09. The van der Waals surface area contributed by atoms with E-state index in [2.05, 4.69) is 27.9 Å². The SMILES string of the molecule is CCn1cccc1C(=O)Nc1ccc(I)cc1. The maximum absolute atomic E-state index is 12.0. The molecule has 0 radical (unpaired) electrons. The van der Waals surface area contributed by atoms with E-state index in [-0.39, 0.29) is 5.91 Å². The third-order valence-electron chi connectivity index (χ3n) is 2.50. The second-order valence-corrected chi connectivity index (χ2v) is 4.89. The lowest BCUT2D eigenvalue weighted by molar-refractivity contribution is 0.101. The van der Waals surface area contributed by atoms with Crippen LogP contribution in [0.4, 0.5) is 5.69 Å². The van der Waals surface area contributed by atoms with E-state index in [0.717, 1.165) is 15.8 Å². The zero-order valence-corrected chi connectivity index (χ0v) is 11.6. The number of carbonyl (C=O) groups is 1.